The molecule has 0 spiro atoms. The van der Waals surface area contributed by atoms with E-state index < -0.39 is 0 Å². The first-order valence-corrected chi connectivity index (χ1v) is 4.88. The van der Waals surface area contributed by atoms with Crippen LogP contribution in [0.1, 0.15) is 22.9 Å². The number of benzene rings is 1. The number of phenolic OH excluding ortho intramolecular Hbond substituents is 1. The van der Waals surface area contributed by atoms with Crippen LogP contribution in [0.5, 0.6) is 5.75 Å². The van der Waals surface area contributed by atoms with E-state index in [-0.39, 0.29) is 16.4 Å². The maximum atomic E-state index is 11.0. The van der Waals surface area contributed by atoms with Crippen molar-refractivity contribution in [2.75, 3.05) is 0 Å². The molecular formula is C10H11BrO2. The van der Waals surface area contributed by atoms with Crippen LogP contribution in [-0.4, -0.2) is 10.9 Å². The summed E-state index contributed by atoms with van der Waals surface area (Å²) in [4.78, 5) is 10.7. The van der Waals surface area contributed by atoms with Crippen molar-refractivity contribution in [2.45, 2.75) is 18.7 Å². The first kappa shape index (κ1) is 10.3. The normalized spacial score (nSPS) is 12.5. The number of phenols is 1. The van der Waals surface area contributed by atoms with Crippen LogP contribution in [0.15, 0.2) is 18.2 Å². The van der Waals surface area contributed by atoms with Crippen molar-refractivity contribution in [2.24, 2.45) is 0 Å². The van der Waals surface area contributed by atoms with E-state index in [9.17, 15) is 9.90 Å². The summed E-state index contributed by atoms with van der Waals surface area (Å²) in [5.74, 6) is 0.256. The smallest absolute Gasteiger partial charge is 0.147 e. The Morgan fingerprint density at radius 2 is 2.15 bits per heavy atom. The quantitative estimate of drug-likeness (QED) is 0.811. The van der Waals surface area contributed by atoms with Crippen molar-refractivity contribution in [3.8, 4) is 5.75 Å². The second-order valence-electron chi connectivity index (χ2n) is 3.02. The zero-order chi connectivity index (χ0) is 10.0. The van der Waals surface area contributed by atoms with Gasteiger partial charge in [-0.2, -0.15) is 0 Å². The number of aryl methyl sites for hydroxylation is 1. The van der Waals surface area contributed by atoms with E-state index in [1.165, 1.54) is 6.92 Å². The van der Waals surface area contributed by atoms with Gasteiger partial charge in [-0.25, -0.2) is 0 Å². The number of rotatable bonds is 2. The second kappa shape index (κ2) is 3.92. The number of aromatic hydroxyl groups is 1. The highest BCUT2D eigenvalue weighted by atomic mass is 79.9. The maximum Gasteiger partial charge on any atom is 0.147 e. The highest BCUT2D eigenvalue weighted by Crippen LogP contribution is 2.27. The first-order chi connectivity index (χ1) is 6.02. The van der Waals surface area contributed by atoms with Gasteiger partial charge >= 0.3 is 0 Å². The SMILES string of the molecule is CC(=O)C(Br)c1ccc(C)c(O)c1. The minimum absolute atomic E-state index is 0.0308. The van der Waals surface area contributed by atoms with Crippen LogP contribution in [0, 0.1) is 6.92 Å². The molecule has 0 bridgehead atoms. The van der Waals surface area contributed by atoms with E-state index in [0.29, 0.717) is 0 Å². The molecule has 0 heterocycles. The summed E-state index contributed by atoms with van der Waals surface area (Å²) < 4.78 is 0. The van der Waals surface area contributed by atoms with E-state index in [2.05, 4.69) is 15.9 Å². The maximum absolute atomic E-state index is 11.0. The molecular weight excluding hydrogens is 232 g/mol. The van der Waals surface area contributed by atoms with Crippen molar-refractivity contribution in [3.05, 3.63) is 29.3 Å². The average Bonchev–Trinajstić information content (AvgIpc) is 2.08. The summed E-state index contributed by atoms with van der Waals surface area (Å²) in [7, 11) is 0. The standard InChI is InChI=1S/C10H11BrO2/c1-6-3-4-8(5-9(6)13)10(11)7(2)12/h3-5,10,13H,1-2H3. The number of Topliss-reactive ketones (excluding diaryl/α,β-unsaturated/α-hetero) is 1. The summed E-state index contributed by atoms with van der Waals surface area (Å²) in [5, 5.41) is 9.40. The summed E-state index contributed by atoms with van der Waals surface area (Å²) in [6.45, 7) is 3.33. The number of ketones is 1. The van der Waals surface area contributed by atoms with Gasteiger partial charge in [0, 0.05) is 0 Å². The van der Waals surface area contributed by atoms with E-state index in [1.54, 1.807) is 12.1 Å². The minimum atomic E-state index is -0.320. The number of hydrogen-bond donors (Lipinski definition) is 1. The molecule has 1 rings (SSSR count). The second-order valence-corrected chi connectivity index (χ2v) is 3.93. The van der Waals surface area contributed by atoms with E-state index in [1.807, 2.05) is 13.0 Å². The molecule has 2 nitrogen and oxygen atoms in total. The Kier molecular flexibility index (Phi) is 3.09. The lowest BCUT2D eigenvalue weighted by atomic mass is 10.1. The summed E-state index contributed by atoms with van der Waals surface area (Å²) in [6, 6.07) is 5.23. The zero-order valence-corrected chi connectivity index (χ0v) is 9.13. The molecule has 1 atom stereocenters. The van der Waals surface area contributed by atoms with Crippen molar-refractivity contribution in [1.29, 1.82) is 0 Å². The van der Waals surface area contributed by atoms with E-state index in [4.69, 9.17) is 0 Å². The molecule has 1 aromatic carbocycles. The number of carbonyl (C=O) groups excluding carboxylic acids is 1. The van der Waals surface area contributed by atoms with Gasteiger partial charge in [0.1, 0.15) is 11.5 Å². The predicted octanol–water partition coefficient (Wildman–Crippen LogP) is 2.73. The third-order valence-corrected chi connectivity index (χ3v) is 3.06. The Balaban J connectivity index is 3.03. The summed E-state index contributed by atoms with van der Waals surface area (Å²) in [5.41, 5.74) is 1.60. The van der Waals surface area contributed by atoms with Gasteiger partial charge in [0.15, 0.2) is 0 Å². The third kappa shape index (κ3) is 2.31. The highest BCUT2D eigenvalue weighted by molar-refractivity contribution is 9.09. The molecule has 1 aromatic rings. The lowest BCUT2D eigenvalue weighted by Crippen LogP contribution is -2.00. The Morgan fingerprint density at radius 3 is 2.62 bits per heavy atom. The van der Waals surface area contributed by atoms with Crippen LogP contribution >= 0.6 is 15.9 Å². The molecule has 0 saturated heterocycles. The molecule has 0 aliphatic carbocycles. The molecule has 0 radical (unpaired) electrons. The van der Waals surface area contributed by atoms with Gasteiger partial charge in [-0.3, -0.25) is 4.79 Å². The molecule has 0 aromatic heterocycles. The zero-order valence-electron chi connectivity index (χ0n) is 7.54. The van der Waals surface area contributed by atoms with Crippen LogP contribution in [0.4, 0.5) is 0 Å². The fourth-order valence-electron chi connectivity index (χ4n) is 1.02. The van der Waals surface area contributed by atoms with Crippen molar-refractivity contribution < 1.29 is 9.90 Å². The molecule has 1 N–H and O–H groups in total. The van der Waals surface area contributed by atoms with Crippen LogP contribution in [0.3, 0.4) is 0 Å². The molecule has 0 saturated carbocycles. The number of carbonyl (C=O) groups is 1. The lowest BCUT2D eigenvalue weighted by molar-refractivity contribution is -0.116. The van der Waals surface area contributed by atoms with Gasteiger partial charge in [0.05, 0.1) is 4.83 Å². The van der Waals surface area contributed by atoms with Crippen molar-refractivity contribution in [3.63, 3.8) is 0 Å². The predicted molar refractivity (Wildman–Crippen MR) is 55.2 cm³/mol. The van der Waals surface area contributed by atoms with Gasteiger partial charge in [-0.05, 0) is 31.0 Å². The Bertz CT molecular complexity index is 334. The number of halogens is 1. The van der Waals surface area contributed by atoms with Gasteiger partial charge < -0.3 is 5.11 Å². The fourth-order valence-corrected chi connectivity index (χ4v) is 1.30. The molecule has 1 unspecified atom stereocenters. The van der Waals surface area contributed by atoms with Crippen LogP contribution in [-0.2, 0) is 4.79 Å². The Hall–Kier alpha value is -0.830. The molecule has 0 aliphatic heterocycles. The third-order valence-electron chi connectivity index (χ3n) is 1.88. The van der Waals surface area contributed by atoms with Crippen LogP contribution in [0.2, 0.25) is 0 Å². The Morgan fingerprint density at radius 1 is 1.54 bits per heavy atom. The fraction of sp³-hybridized carbons (Fsp3) is 0.300. The monoisotopic (exact) mass is 242 g/mol. The molecule has 0 amide bonds. The largest absolute Gasteiger partial charge is 0.508 e. The molecule has 3 heteroatoms. The molecule has 0 aliphatic rings. The van der Waals surface area contributed by atoms with Crippen LogP contribution < -0.4 is 0 Å². The lowest BCUT2D eigenvalue weighted by Gasteiger charge is -2.07. The summed E-state index contributed by atoms with van der Waals surface area (Å²) >= 11 is 3.25. The van der Waals surface area contributed by atoms with Gasteiger partial charge in [-0.15, -0.1) is 0 Å². The van der Waals surface area contributed by atoms with E-state index in [0.717, 1.165) is 11.1 Å². The van der Waals surface area contributed by atoms with Gasteiger partial charge in [0.25, 0.3) is 0 Å². The summed E-state index contributed by atoms with van der Waals surface area (Å²) in [6.07, 6.45) is 0. The Labute approximate surface area is 85.7 Å². The number of alkyl halides is 1. The van der Waals surface area contributed by atoms with Crippen molar-refractivity contribution in [1.82, 2.24) is 0 Å². The molecule has 0 fully saturated rings. The van der Waals surface area contributed by atoms with Gasteiger partial charge in [0.2, 0.25) is 0 Å². The van der Waals surface area contributed by atoms with E-state index >= 15 is 0 Å². The highest BCUT2D eigenvalue weighted by Gasteiger charge is 2.13. The van der Waals surface area contributed by atoms with Gasteiger partial charge in [-0.1, -0.05) is 28.1 Å². The average molecular weight is 243 g/mol. The minimum Gasteiger partial charge on any atom is -0.508 e. The topological polar surface area (TPSA) is 37.3 Å². The number of hydrogen-bond acceptors (Lipinski definition) is 2. The first-order valence-electron chi connectivity index (χ1n) is 3.96. The van der Waals surface area contributed by atoms with Crippen LogP contribution in [0.25, 0.3) is 0 Å². The molecule has 70 valence electrons. The molecule has 13 heavy (non-hydrogen) atoms. The van der Waals surface area contributed by atoms with Crippen molar-refractivity contribution >= 4 is 21.7 Å².